The highest BCUT2D eigenvalue weighted by Crippen LogP contribution is 2.36. The van der Waals surface area contributed by atoms with E-state index >= 15 is 0 Å². The van der Waals surface area contributed by atoms with Crippen LogP contribution in [0.15, 0.2) is 18.2 Å². The first kappa shape index (κ1) is 15.1. The number of aliphatic hydroxyl groups excluding tert-OH is 1. The summed E-state index contributed by atoms with van der Waals surface area (Å²) in [5.74, 6) is 0.627. The van der Waals surface area contributed by atoms with Crippen LogP contribution in [0.2, 0.25) is 10.0 Å². The maximum absolute atomic E-state index is 10.6. The molecule has 1 aromatic carbocycles. The minimum Gasteiger partial charge on any atom is -0.390 e. The zero-order valence-corrected chi connectivity index (χ0v) is 12.6. The minimum atomic E-state index is -0.988. The van der Waals surface area contributed by atoms with E-state index in [4.69, 9.17) is 23.2 Å². The maximum atomic E-state index is 10.6. The number of hydrogen-bond donors (Lipinski definition) is 2. The molecule has 2 N–H and O–H groups in total. The third kappa shape index (κ3) is 3.63. The maximum Gasteiger partial charge on any atom is 0.0909 e. The lowest BCUT2D eigenvalue weighted by Crippen LogP contribution is -2.46. The van der Waals surface area contributed by atoms with Gasteiger partial charge < -0.3 is 10.2 Å². The summed E-state index contributed by atoms with van der Waals surface area (Å²) >= 11 is 12.0. The van der Waals surface area contributed by atoms with Crippen LogP contribution in [0.1, 0.15) is 38.2 Å². The summed E-state index contributed by atoms with van der Waals surface area (Å²) in [5.41, 5.74) is -0.202. The molecule has 0 spiro atoms. The first-order valence-electron chi connectivity index (χ1n) is 6.75. The molecule has 1 atom stereocenters. The highest BCUT2D eigenvalue weighted by Gasteiger charge is 2.38. The molecule has 0 aliphatic heterocycles. The van der Waals surface area contributed by atoms with Crippen molar-refractivity contribution in [3.05, 3.63) is 33.8 Å². The number of hydrogen-bond acceptors (Lipinski definition) is 2. The highest BCUT2D eigenvalue weighted by atomic mass is 35.5. The Morgan fingerprint density at radius 1 is 1.32 bits per heavy atom. The average Bonchev–Trinajstić information content (AvgIpc) is 2.37. The highest BCUT2D eigenvalue weighted by molar-refractivity contribution is 6.33. The predicted octanol–water partition coefficient (Wildman–Crippen LogP) is 3.84. The second-order valence-electron chi connectivity index (χ2n) is 5.74. The number of rotatable bonds is 3. The van der Waals surface area contributed by atoms with Gasteiger partial charge in [0.2, 0.25) is 0 Å². The van der Waals surface area contributed by atoms with Gasteiger partial charge in [-0.15, -0.1) is 0 Å². The fourth-order valence-corrected chi connectivity index (χ4v) is 3.08. The lowest BCUT2D eigenvalue weighted by atomic mass is 9.75. The Hall–Kier alpha value is -0.280. The van der Waals surface area contributed by atoms with Gasteiger partial charge in [-0.25, -0.2) is 0 Å². The van der Waals surface area contributed by atoms with Crippen molar-refractivity contribution >= 4 is 23.2 Å². The van der Waals surface area contributed by atoms with Crippen LogP contribution in [0.25, 0.3) is 0 Å². The second-order valence-corrected chi connectivity index (χ2v) is 6.59. The Balaban J connectivity index is 2.08. The van der Waals surface area contributed by atoms with Gasteiger partial charge in [0, 0.05) is 16.5 Å². The van der Waals surface area contributed by atoms with Crippen LogP contribution in [0.5, 0.6) is 0 Å². The molecule has 1 saturated carbocycles. The molecule has 19 heavy (non-hydrogen) atoms. The molecule has 0 radical (unpaired) electrons. The molecule has 0 saturated heterocycles. The molecule has 1 aliphatic carbocycles. The van der Waals surface area contributed by atoms with E-state index in [9.17, 15) is 10.2 Å². The third-order valence-electron chi connectivity index (χ3n) is 4.18. The van der Waals surface area contributed by atoms with E-state index < -0.39 is 11.7 Å². The van der Waals surface area contributed by atoms with Crippen molar-refractivity contribution < 1.29 is 10.2 Å². The van der Waals surface area contributed by atoms with Gasteiger partial charge in [0.05, 0.1) is 11.7 Å². The number of benzene rings is 1. The zero-order chi connectivity index (χ0) is 14.0. The first-order valence-corrected chi connectivity index (χ1v) is 7.51. The third-order valence-corrected chi connectivity index (χ3v) is 4.79. The molecule has 1 aromatic rings. The van der Waals surface area contributed by atoms with E-state index in [0.717, 1.165) is 18.4 Å². The van der Waals surface area contributed by atoms with Crippen molar-refractivity contribution in [3.8, 4) is 0 Å². The Morgan fingerprint density at radius 2 is 1.95 bits per heavy atom. The Kier molecular flexibility index (Phi) is 4.78. The van der Waals surface area contributed by atoms with Crippen molar-refractivity contribution in [1.29, 1.82) is 0 Å². The van der Waals surface area contributed by atoms with E-state index in [2.05, 4.69) is 6.92 Å². The molecule has 0 bridgehead atoms. The second kappa shape index (κ2) is 6.01. The van der Waals surface area contributed by atoms with Crippen LogP contribution in [-0.2, 0) is 6.42 Å². The van der Waals surface area contributed by atoms with Gasteiger partial charge in [-0.2, -0.15) is 0 Å². The minimum absolute atomic E-state index is 0.338. The van der Waals surface area contributed by atoms with Crippen molar-refractivity contribution in [2.45, 2.75) is 50.7 Å². The largest absolute Gasteiger partial charge is 0.390 e. The summed E-state index contributed by atoms with van der Waals surface area (Å²) in [6.07, 6.45) is 2.75. The number of halogens is 2. The smallest absolute Gasteiger partial charge is 0.0909 e. The predicted molar refractivity (Wildman–Crippen MR) is 78.8 cm³/mol. The molecule has 2 rings (SSSR count). The van der Waals surface area contributed by atoms with Gasteiger partial charge in [0.15, 0.2) is 0 Å². The van der Waals surface area contributed by atoms with E-state index in [1.165, 1.54) is 0 Å². The summed E-state index contributed by atoms with van der Waals surface area (Å²) in [7, 11) is 0. The summed E-state index contributed by atoms with van der Waals surface area (Å²) in [6.45, 7) is 2.18. The summed E-state index contributed by atoms with van der Waals surface area (Å²) < 4.78 is 0. The molecule has 1 unspecified atom stereocenters. The van der Waals surface area contributed by atoms with Crippen LogP contribution in [0, 0.1) is 5.92 Å². The molecule has 2 nitrogen and oxygen atoms in total. The van der Waals surface area contributed by atoms with Crippen LogP contribution in [0.4, 0.5) is 0 Å². The van der Waals surface area contributed by atoms with Gasteiger partial charge in [-0.1, -0.05) is 30.1 Å². The first-order chi connectivity index (χ1) is 8.90. The molecule has 1 fully saturated rings. The van der Waals surface area contributed by atoms with Crippen LogP contribution < -0.4 is 0 Å². The molecule has 1 aliphatic rings. The standard InChI is InChI=1S/C15H20Cl2O2/c1-10-4-6-15(19,7-5-10)14(18)9-11-8-12(16)2-3-13(11)17/h2-3,8,10,14,18-19H,4-7,9H2,1H3. The Labute approximate surface area is 124 Å². The summed E-state index contributed by atoms with van der Waals surface area (Å²) in [5, 5.41) is 22.1. The van der Waals surface area contributed by atoms with Crippen LogP contribution >= 0.6 is 23.2 Å². The van der Waals surface area contributed by atoms with Gasteiger partial charge >= 0.3 is 0 Å². The molecule has 0 amide bonds. The normalized spacial score (nSPS) is 29.2. The van der Waals surface area contributed by atoms with Crippen LogP contribution in [0.3, 0.4) is 0 Å². The van der Waals surface area contributed by atoms with Gasteiger partial charge in [0.25, 0.3) is 0 Å². The molecule has 0 heterocycles. The molecule has 0 aromatic heterocycles. The van der Waals surface area contributed by atoms with Crippen molar-refractivity contribution in [2.24, 2.45) is 5.92 Å². The van der Waals surface area contributed by atoms with Gasteiger partial charge in [0.1, 0.15) is 0 Å². The molecule has 4 heteroatoms. The van der Waals surface area contributed by atoms with E-state index in [-0.39, 0.29) is 0 Å². The van der Waals surface area contributed by atoms with E-state index in [1.54, 1.807) is 18.2 Å². The SMILES string of the molecule is CC1CCC(O)(C(O)Cc2cc(Cl)ccc2Cl)CC1. The van der Waals surface area contributed by atoms with Crippen LogP contribution in [-0.4, -0.2) is 21.9 Å². The molecule has 106 valence electrons. The Morgan fingerprint density at radius 3 is 2.58 bits per heavy atom. The monoisotopic (exact) mass is 302 g/mol. The summed E-state index contributed by atoms with van der Waals surface area (Å²) in [4.78, 5) is 0. The van der Waals surface area contributed by atoms with E-state index in [0.29, 0.717) is 35.2 Å². The molecular weight excluding hydrogens is 283 g/mol. The lowest BCUT2D eigenvalue weighted by Gasteiger charge is -2.38. The lowest BCUT2D eigenvalue weighted by molar-refractivity contribution is -0.102. The van der Waals surface area contributed by atoms with Crippen molar-refractivity contribution in [2.75, 3.05) is 0 Å². The van der Waals surface area contributed by atoms with Gasteiger partial charge in [-0.3, -0.25) is 0 Å². The topological polar surface area (TPSA) is 40.5 Å². The quantitative estimate of drug-likeness (QED) is 0.890. The fourth-order valence-electron chi connectivity index (χ4n) is 2.69. The zero-order valence-electron chi connectivity index (χ0n) is 11.1. The van der Waals surface area contributed by atoms with Crippen molar-refractivity contribution in [3.63, 3.8) is 0 Å². The Bertz CT molecular complexity index is 440. The van der Waals surface area contributed by atoms with Crippen molar-refractivity contribution in [1.82, 2.24) is 0 Å². The molecular formula is C15H20Cl2O2. The average molecular weight is 303 g/mol. The summed E-state index contributed by atoms with van der Waals surface area (Å²) in [6, 6.07) is 5.19. The number of aliphatic hydroxyl groups is 2. The van der Waals surface area contributed by atoms with E-state index in [1.807, 2.05) is 0 Å². The van der Waals surface area contributed by atoms with Gasteiger partial charge in [-0.05, 0) is 55.4 Å². The fraction of sp³-hybridized carbons (Fsp3) is 0.600.